The largest absolute Gasteiger partial charge is 0.346 e. The summed E-state index contributed by atoms with van der Waals surface area (Å²) < 4.78 is 0. The standard InChI is InChI=1S/C17H18N2O3S/c1-11-6-4-5-7-14(11)12(2)18-17(20)13-8-9-16(23-3)15(10-13)19(21)22/h4-10,12H,1-3H3,(H,18,20). The van der Waals surface area contributed by atoms with Gasteiger partial charge in [0, 0.05) is 11.6 Å². The molecule has 0 aliphatic rings. The monoisotopic (exact) mass is 330 g/mol. The lowest BCUT2D eigenvalue weighted by atomic mass is 10.0. The van der Waals surface area contributed by atoms with Crippen LogP contribution < -0.4 is 5.32 Å². The summed E-state index contributed by atoms with van der Waals surface area (Å²) in [7, 11) is 0. The van der Waals surface area contributed by atoms with Gasteiger partial charge in [-0.25, -0.2) is 0 Å². The van der Waals surface area contributed by atoms with E-state index >= 15 is 0 Å². The average Bonchev–Trinajstić information content (AvgIpc) is 2.54. The zero-order valence-electron chi connectivity index (χ0n) is 13.2. The van der Waals surface area contributed by atoms with Gasteiger partial charge in [-0.15, -0.1) is 11.8 Å². The summed E-state index contributed by atoms with van der Waals surface area (Å²) in [5, 5.41) is 14.0. The highest BCUT2D eigenvalue weighted by molar-refractivity contribution is 7.98. The maximum atomic E-state index is 12.4. The van der Waals surface area contributed by atoms with Crippen LogP contribution in [-0.4, -0.2) is 17.1 Å². The SMILES string of the molecule is CSc1ccc(C(=O)NC(C)c2ccccc2C)cc1[N+](=O)[O-]. The molecule has 2 aromatic carbocycles. The first-order chi connectivity index (χ1) is 10.9. The summed E-state index contributed by atoms with van der Waals surface area (Å²) in [6, 6.07) is 12.2. The van der Waals surface area contributed by atoms with Gasteiger partial charge in [0.1, 0.15) is 0 Å². The van der Waals surface area contributed by atoms with Crippen LogP contribution in [0, 0.1) is 17.0 Å². The first-order valence-corrected chi connectivity index (χ1v) is 8.35. The van der Waals surface area contributed by atoms with Crippen molar-refractivity contribution in [2.24, 2.45) is 0 Å². The van der Waals surface area contributed by atoms with Crippen LogP contribution in [0.1, 0.15) is 34.5 Å². The number of carbonyl (C=O) groups excluding carboxylic acids is 1. The van der Waals surface area contributed by atoms with Gasteiger partial charge in [-0.2, -0.15) is 0 Å². The summed E-state index contributed by atoms with van der Waals surface area (Å²) in [5.74, 6) is -0.323. The highest BCUT2D eigenvalue weighted by Gasteiger charge is 2.18. The molecule has 0 spiro atoms. The fourth-order valence-electron chi connectivity index (χ4n) is 2.40. The van der Waals surface area contributed by atoms with Crippen LogP contribution >= 0.6 is 11.8 Å². The maximum Gasteiger partial charge on any atom is 0.283 e. The number of thioether (sulfide) groups is 1. The number of nitro benzene ring substituents is 1. The van der Waals surface area contributed by atoms with Crippen molar-refractivity contribution in [2.75, 3.05) is 6.26 Å². The Hall–Kier alpha value is -2.34. The van der Waals surface area contributed by atoms with Crippen molar-refractivity contribution < 1.29 is 9.72 Å². The van der Waals surface area contributed by atoms with E-state index < -0.39 is 4.92 Å². The third-order valence-electron chi connectivity index (χ3n) is 3.64. The molecule has 0 aromatic heterocycles. The van der Waals surface area contributed by atoms with Crippen molar-refractivity contribution >= 4 is 23.4 Å². The molecule has 120 valence electrons. The predicted molar refractivity (Wildman–Crippen MR) is 91.9 cm³/mol. The maximum absolute atomic E-state index is 12.4. The number of nitrogens with zero attached hydrogens (tertiary/aromatic N) is 1. The summed E-state index contributed by atoms with van der Waals surface area (Å²) in [6.45, 7) is 3.88. The number of hydrogen-bond acceptors (Lipinski definition) is 4. The number of nitrogens with one attached hydrogen (secondary N) is 1. The van der Waals surface area contributed by atoms with E-state index in [0.717, 1.165) is 11.1 Å². The zero-order chi connectivity index (χ0) is 17.0. The molecule has 1 unspecified atom stereocenters. The highest BCUT2D eigenvalue weighted by atomic mass is 32.2. The Labute approximate surface area is 139 Å². The summed E-state index contributed by atoms with van der Waals surface area (Å²) in [5.41, 5.74) is 2.35. The van der Waals surface area contributed by atoms with Crippen molar-refractivity contribution in [2.45, 2.75) is 24.8 Å². The lowest BCUT2D eigenvalue weighted by Crippen LogP contribution is -2.27. The Morgan fingerprint density at radius 3 is 2.57 bits per heavy atom. The minimum absolute atomic E-state index is 0.0475. The molecule has 0 aliphatic carbocycles. The van der Waals surface area contributed by atoms with Crippen molar-refractivity contribution in [3.8, 4) is 0 Å². The van der Waals surface area contributed by atoms with E-state index in [-0.39, 0.29) is 23.2 Å². The van der Waals surface area contributed by atoms with Crippen molar-refractivity contribution in [1.29, 1.82) is 0 Å². The van der Waals surface area contributed by atoms with Gasteiger partial charge in [0.25, 0.3) is 11.6 Å². The van der Waals surface area contributed by atoms with E-state index in [2.05, 4.69) is 5.32 Å². The molecule has 0 saturated heterocycles. The van der Waals surface area contributed by atoms with Gasteiger partial charge in [0.2, 0.25) is 0 Å². The summed E-state index contributed by atoms with van der Waals surface area (Å²) in [6.07, 6.45) is 1.77. The molecular formula is C17H18N2O3S. The van der Waals surface area contributed by atoms with E-state index in [1.807, 2.05) is 38.1 Å². The van der Waals surface area contributed by atoms with E-state index in [9.17, 15) is 14.9 Å². The Bertz CT molecular complexity index is 746. The minimum Gasteiger partial charge on any atom is -0.346 e. The van der Waals surface area contributed by atoms with Crippen molar-refractivity contribution in [3.05, 3.63) is 69.3 Å². The summed E-state index contributed by atoms with van der Waals surface area (Å²) >= 11 is 1.28. The predicted octanol–water partition coefficient (Wildman–Crippen LogP) is 4.12. The second kappa shape index (κ2) is 7.28. The molecule has 5 nitrogen and oxygen atoms in total. The smallest absolute Gasteiger partial charge is 0.283 e. The van der Waals surface area contributed by atoms with Gasteiger partial charge in [0.15, 0.2) is 0 Å². The zero-order valence-corrected chi connectivity index (χ0v) is 14.0. The van der Waals surface area contributed by atoms with E-state index in [0.29, 0.717) is 4.90 Å². The fourth-order valence-corrected chi connectivity index (χ4v) is 2.95. The number of carbonyl (C=O) groups is 1. The van der Waals surface area contributed by atoms with Crippen LogP contribution in [-0.2, 0) is 0 Å². The molecule has 0 aliphatic heterocycles. The number of aryl methyl sites for hydroxylation is 1. The molecule has 0 fully saturated rings. The molecular weight excluding hydrogens is 312 g/mol. The number of rotatable bonds is 5. The van der Waals surface area contributed by atoms with Crippen molar-refractivity contribution in [1.82, 2.24) is 5.32 Å². The van der Waals surface area contributed by atoms with Crippen LogP contribution in [0.25, 0.3) is 0 Å². The van der Waals surface area contributed by atoms with E-state index in [1.54, 1.807) is 18.4 Å². The Morgan fingerprint density at radius 2 is 1.96 bits per heavy atom. The molecule has 1 atom stereocenters. The number of benzene rings is 2. The second-order valence-corrected chi connectivity index (χ2v) is 6.04. The van der Waals surface area contributed by atoms with Crippen molar-refractivity contribution in [3.63, 3.8) is 0 Å². The normalized spacial score (nSPS) is 11.8. The Balaban J connectivity index is 2.22. The van der Waals surface area contributed by atoms with Crippen LogP contribution in [0.15, 0.2) is 47.4 Å². The first-order valence-electron chi connectivity index (χ1n) is 7.13. The van der Waals surface area contributed by atoms with Crippen LogP contribution in [0.5, 0.6) is 0 Å². The van der Waals surface area contributed by atoms with Gasteiger partial charge >= 0.3 is 0 Å². The van der Waals surface area contributed by atoms with Gasteiger partial charge < -0.3 is 5.32 Å². The second-order valence-electron chi connectivity index (χ2n) is 5.20. The van der Waals surface area contributed by atoms with Gasteiger partial charge in [0.05, 0.1) is 15.9 Å². The third-order valence-corrected chi connectivity index (χ3v) is 4.43. The minimum atomic E-state index is -0.465. The molecule has 6 heteroatoms. The number of hydrogen-bond donors (Lipinski definition) is 1. The lowest BCUT2D eigenvalue weighted by Gasteiger charge is -2.16. The molecule has 0 heterocycles. The van der Waals surface area contributed by atoms with Crippen LogP contribution in [0.2, 0.25) is 0 Å². The van der Waals surface area contributed by atoms with Crippen LogP contribution in [0.4, 0.5) is 5.69 Å². The third kappa shape index (κ3) is 3.90. The molecule has 0 radical (unpaired) electrons. The first kappa shape index (κ1) is 17.0. The van der Waals surface area contributed by atoms with E-state index in [1.165, 1.54) is 17.8 Å². The highest BCUT2D eigenvalue weighted by Crippen LogP contribution is 2.28. The molecule has 1 N–H and O–H groups in total. The quantitative estimate of drug-likeness (QED) is 0.508. The topological polar surface area (TPSA) is 72.2 Å². The number of amides is 1. The number of nitro groups is 1. The molecule has 1 amide bonds. The molecule has 0 saturated carbocycles. The molecule has 2 aromatic rings. The van der Waals surface area contributed by atoms with Gasteiger partial charge in [-0.1, -0.05) is 24.3 Å². The molecule has 2 rings (SSSR count). The average molecular weight is 330 g/mol. The lowest BCUT2D eigenvalue weighted by molar-refractivity contribution is -0.387. The van der Waals surface area contributed by atoms with Crippen LogP contribution in [0.3, 0.4) is 0 Å². The van der Waals surface area contributed by atoms with E-state index in [4.69, 9.17) is 0 Å². The van der Waals surface area contributed by atoms with Gasteiger partial charge in [-0.05, 0) is 43.4 Å². The Morgan fingerprint density at radius 1 is 1.26 bits per heavy atom. The van der Waals surface area contributed by atoms with Gasteiger partial charge in [-0.3, -0.25) is 14.9 Å². The Kier molecular flexibility index (Phi) is 5.39. The molecule has 0 bridgehead atoms. The summed E-state index contributed by atoms with van der Waals surface area (Å²) in [4.78, 5) is 23.6. The fraction of sp³-hybridized carbons (Fsp3) is 0.235. The molecule has 23 heavy (non-hydrogen) atoms.